The van der Waals surface area contributed by atoms with Crippen LogP contribution < -0.4 is 10.6 Å². The first-order valence-corrected chi connectivity index (χ1v) is 11.4. The first-order chi connectivity index (χ1) is 14.0. The molecular formula is C25H30N2O2S. The molecular weight excluding hydrogens is 392 g/mol. The van der Waals surface area contributed by atoms with E-state index in [1.54, 1.807) is 4.90 Å². The van der Waals surface area contributed by atoms with Crippen LogP contribution in [0.3, 0.4) is 0 Å². The average Bonchev–Trinajstić information content (AvgIpc) is 2.92. The molecule has 1 unspecified atom stereocenters. The maximum absolute atomic E-state index is 12.9. The molecule has 1 amide bonds. The molecule has 1 heterocycles. The first kappa shape index (κ1) is 21.0. The Kier molecular flexibility index (Phi) is 5.00. The Morgan fingerprint density at radius 3 is 2.30 bits per heavy atom. The quantitative estimate of drug-likeness (QED) is 0.641. The molecule has 5 heteroatoms. The highest BCUT2D eigenvalue weighted by Crippen LogP contribution is 2.48. The first-order valence-electron chi connectivity index (χ1n) is 10.5. The largest absolute Gasteiger partial charge is 0.399 e. The summed E-state index contributed by atoms with van der Waals surface area (Å²) in [5.74, 6) is 0. The van der Waals surface area contributed by atoms with E-state index in [2.05, 4.69) is 39.8 Å². The van der Waals surface area contributed by atoms with Crippen LogP contribution in [-0.4, -0.2) is 16.4 Å². The summed E-state index contributed by atoms with van der Waals surface area (Å²) in [5, 5.41) is -0.288. The predicted octanol–water partition coefficient (Wildman–Crippen LogP) is 5.74. The van der Waals surface area contributed by atoms with Crippen molar-refractivity contribution in [1.29, 1.82) is 0 Å². The number of carbonyl (C=O) groups is 2. The number of nitrogen functional groups attached to an aromatic ring is 1. The van der Waals surface area contributed by atoms with Gasteiger partial charge in [-0.1, -0.05) is 45.9 Å². The number of thioether (sulfide) groups is 1. The summed E-state index contributed by atoms with van der Waals surface area (Å²) >= 11 is 0.818. The molecule has 1 fully saturated rings. The van der Waals surface area contributed by atoms with E-state index in [1.807, 2.05) is 31.2 Å². The van der Waals surface area contributed by atoms with Gasteiger partial charge in [0.2, 0.25) is 5.12 Å². The zero-order valence-electron chi connectivity index (χ0n) is 18.4. The lowest BCUT2D eigenvalue weighted by molar-refractivity contribution is -0.111. The number of hydrogen-bond donors (Lipinski definition) is 1. The summed E-state index contributed by atoms with van der Waals surface area (Å²) in [4.78, 5) is 27.4. The molecule has 4 nitrogen and oxygen atoms in total. The third-order valence-corrected chi connectivity index (χ3v) is 7.62. The number of benzene rings is 2. The monoisotopic (exact) mass is 422 g/mol. The lowest BCUT2D eigenvalue weighted by atomic mass is 9.63. The van der Waals surface area contributed by atoms with Crippen molar-refractivity contribution in [3.05, 3.63) is 58.7 Å². The fourth-order valence-corrected chi connectivity index (χ4v) is 5.61. The van der Waals surface area contributed by atoms with Crippen LogP contribution in [0.5, 0.6) is 0 Å². The zero-order valence-corrected chi connectivity index (χ0v) is 19.2. The molecule has 1 aliphatic carbocycles. The molecule has 0 spiro atoms. The van der Waals surface area contributed by atoms with E-state index in [-0.39, 0.29) is 21.2 Å². The topological polar surface area (TPSA) is 63.4 Å². The van der Waals surface area contributed by atoms with Crippen LogP contribution >= 0.6 is 11.8 Å². The fraction of sp³-hybridized carbons (Fsp3) is 0.440. The van der Waals surface area contributed by atoms with Gasteiger partial charge in [0.1, 0.15) is 6.04 Å². The van der Waals surface area contributed by atoms with Gasteiger partial charge in [-0.15, -0.1) is 0 Å². The molecule has 2 aliphatic rings. The normalized spacial score (nSPS) is 22.3. The summed E-state index contributed by atoms with van der Waals surface area (Å²) in [5.41, 5.74) is 12.2. The number of carbonyl (C=O) groups excluding carboxylic acids is 2. The van der Waals surface area contributed by atoms with Gasteiger partial charge >= 0.3 is 0 Å². The molecule has 158 valence electrons. The number of nitrogens with two attached hydrogens (primary N) is 1. The van der Waals surface area contributed by atoms with Gasteiger partial charge in [-0.25, -0.2) is 0 Å². The Bertz CT molecular complexity index is 1040. The number of aryl methyl sites for hydroxylation is 1. The molecule has 1 saturated heterocycles. The molecule has 0 aromatic heterocycles. The number of rotatable bonds is 3. The number of amides is 1. The van der Waals surface area contributed by atoms with E-state index in [0.29, 0.717) is 12.1 Å². The number of fused-ring (bicyclic) bond motifs is 1. The standard InChI is InChI=1S/C25H30N2O2S/c1-15-11-18-19(25(4,5)10-9-24(18,2)3)14-20(15)27-21(22(28)30-23(27)29)13-16-7-6-8-17(26)12-16/h6-8,11-12,14,21H,9-10,13,26H2,1-5H3. The van der Waals surface area contributed by atoms with Crippen LogP contribution in [0.15, 0.2) is 36.4 Å². The number of nitrogens with zero attached hydrogens (tertiary/aromatic N) is 1. The minimum absolute atomic E-state index is 0.0383. The second-order valence-corrected chi connectivity index (χ2v) is 10.9. The smallest absolute Gasteiger partial charge is 0.294 e. The van der Waals surface area contributed by atoms with Crippen molar-refractivity contribution in [2.45, 2.75) is 70.8 Å². The van der Waals surface area contributed by atoms with Crippen LogP contribution in [0, 0.1) is 6.92 Å². The fourth-order valence-electron chi connectivity index (χ4n) is 4.79. The van der Waals surface area contributed by atoms with Crippen LogP contribution in [0.1, 0.15) is 62.8 Å². The average molecular weight is 423 g/mol. The molecule has 0 saturated carbocycles. The molecule has 0 bridgehead atoms. The summed E-state index contributed by atoms with van der Waals surface area (Å²) in [6, 6.07) is 11.5. The maximum Gasteiger partial charge on any atom is 0.294 e. The van der Waals surface area contributed by atoms with Gasteiger partial charge in [0.05, 0.1) is 0 Å². The maximum atomic E-state index is 12.9. The van der Waals surface area contributed by atoms with Crippen molar-refractivity contribution in [2.24, 2.45) is 0 Å². The summed E-state index contributed by atoms with van der Waals surface area (Å²) in [6.07, 6.45) is 2.71. The van der Waals surface area contributed by atoms with Gasteiger partial charge in [-0.2, -0.15) is 0 Å². The highest BCUT2D eigenvalue weighted by atomic mass is 32.2. The Labute approximate surface area is 183 Å². The second-order valence-electron chi connectivity index (χ2n) is 9.97. The lowest BCUT2D eigenvalue weighted by Gasteiger charge is -2.43. The van der Waals surface area contributed by atoms with E-state index in [0.717, 1.165) is 41.4 Å². The van der Waals surface area contributed by atoms with Crippen LogP contribution in [0.25, 0.3) is 0 Å². The Morgan fingerprint density at radius 1 is 1.03 bits per heavy atom. The molecule has 4 rings (SSSR count). The van der Waals surface area contributed by atoms with E-state index in [4.69, 9.17) is 5.73 Å². The van der Waals surface area contributed by atoms with Crippen LogP contribution in [-0.2, 0) is 22.0 Å². The SMILES string of the molecule is Cc1cc2c(cc1N1C(=O)SC(=O)C1Cc1cccc(N)c1)C(C)(C)CCC2(C)C. The Morgan fingerprint density at radius 2 is 1.67 bits per heavy atom. The summed E-state index contributed by atoms with van der Waals surface area (Å²) < 4.78 is 0. The van der Waals surface area contributed by atoms with E-state index >= 15 is 0 Å². The van der Waals surface area contributed by atoms with Crippen molar-refractivity contribution in [2.75, 3.05) is 10.6 Å². The van der Waals surface area contributed by atoms with Crippen molar-refractivity contribution < 1.29 is 9.59 Å². The lowest BCUT2D eigenvalue weighted by Crippen LogP contribution is -2.39. The molecule has 0 radical (unpaired) electrons. The minimum Gasteiger partial charge on any atom is -0.399 e. The minimum atomic E-state index is -0.513. The van der Waals surface area contributed by atoms with Crippen LogP contribution in [0.2, 0.25) is 0 Å². The van der Waals surface area contributed by atoms with Gasteiger partial charge in [0.15, 0.2) is 0 Å². The van der Waals surface area contributed by atoms with Crippen molar-refractivity contribution in [3.63, 3.8) is 0 Å². The van der Waals surface area contributed by atoms with Gasteiger partial charge in [-0.05, 0) is 71.0 Å². The molecule has 1 aliphatic heterocycles. The number of anilines is 2. The van der Waals surface area contributed by atoms with Crippen molar-refractivity contribution in [3.8, 4) is 0 Å². The van der Waals surface area contributed by atoms with Gasteiger partial charge in [-0.3, -0.25) is 14.5 Å². The molecule has 2 aromatic rings. The molecule has 30 heavy (non-hydrogen) atoms. The van der Waals surface area contributed by atoms with Crippen molar-refractivity contribution in [1.82, 2.24) is 0 Å². The zero-order chi connectivity index (χ0) is 21.8. The third kappa shape index (κ3) is 3.53. The van der Waals surface area contributed by atoms with Crippen LogP contribution in [0.4, 0.5) is 16.2 Å². The molecule has 1 atom stereocenters. The third-order valence-electron chi connectivity index (χ3n) is 6.78. The number of hydrogen-bond acceptors (Lipinski definition) is 4. The van der Waals surface area contributed by atoms with Gasteiger partial charge < -0.3 is 5.73 Å². The van der Waals surface area contributed by atoms with Crippen molar-refractivity contribution >= 4 is 33.5 Å². The molecule has 2 aromatic carbocycles. The summed E-state index contributed by atoms with van der Waals surface area (Å²) in [7, 11) is 0. The molecule has 2 N–H and O–H groups in total. The van der Waals surface area contributed by atoms with E-state index in [9.17, 15) is 9.59 Å². The van der Waals surface area contributed by atoms with E-state index < -0.39 is 6.04 Å². The second kappa shape index (κ2) is 7.16. The predicted molar refractivity (Wildman–Crippen MR) is 125 cm³/mol. The highest BCUT2D eigenvalue weighted by molar-refractivity contribution is 8.27. The van der Waals surface area contributed by atoms with E-state index in [1.165, 1.54) is 11.1 Å². The van der Waals surface area contributed by atoms with Gasteiger partial charge in [0, 0.05) is 29.6 Å². The summed E-state index contributed by atoms with van der Waals surface area (Å²) in [6.45, 7) is 11.2. The highest BCUT2D eigenvalue weighted by Gasteiger charge is 2.43. The van der Waals surface area contributed by atoms with Gasteiger partial charge in [0.25, 0.3) is 5.24 Å². The Hall–Kier alpha value is -2.27. The Balaban J connectivity index is 1.80.